The molecule has 4 nitrogen and oxygen atoms in total. The Morgan fingerprint density at radius 1 is 1.38 bits per heavy atom. The van der Waals surface area contributed by atoms with Crippen molar-refractivity contribution in [1.82, 2.24) is 4.90 Å². The molecule has 0 aromatic rings. The second-order valence-electron chi connectivity index (χ2n) is 5.14. The molecule has 3 N–H and O–H groups in total. The van der Waals surface area contributed by atoms with Crippen LogP contribution in [0.3, 0.4) is 0 Å². The molecule has 2 saturated carbocycles. The lowest BCUT2D eigenvalue weighted by Gasteiger charge is -2.47. The highest BCUT2D eigenvalue weighted by atomic mass is 16.3. The summed E-state index contributed by atoms with van der Waals surface area (Å²) in [6.07, 6.45) is 6.35. The van der Waals surface area contributed by atoms with E-state index in [1.165, 1.54) is 6.42 Å². The van der Waals surface area contributed by atoms with Gasteiger partial charge >= 0.3 is 0 Å². The van der Waals surface area contributed by atoms with E-state index in [0.29, 0.717) is 19.1 Å². The normalized spacial score (nSPS) is 23.4. The molecule has 0 aromatic heterocycles. The summed E-state index contributed by atoms with van der Waals surface area (Å²) in [7, 11) is 0. The Morgan fingerprint density at radius 3 is 2.38 bits per heavy atom. The summed E-state index contributed by atoms with van der Waals surface area (Å²) < 4.78 is 0. The van der Waals surface area contributed by atoms with E-state index in [1.54, 1.807) is 0 Å². The highest BCUT2D eigenvalue weighted by Crippen LogP contribution is 2.43. The molecule has 1 amide bonds. The lowest BCUT2D eigenvalue weighted by molar-refractivity contribution is -0.151. The molecule has 0 bridgehead atoms. The fourth-order valence-electron chi connectivity index (χ4n) is 2.67. The standard InChI is InChI=1S/C12H22N2O2/c13-9-12(5-2-6-12)11(16)14(7-8-15)10-3-1-4-10/h10,15H,1-9,13H2. The maximum Gasteiger partial charge on any atom is 0.230 e. The molecule has 0 saturated heterocycles. The predicted octanol–water partition coefficient (Wildman–Crippen LogP) is 0.489. The van der Waals surface area contributed by atoms with Gasteiger partial charge in [-0.2, -0.15) is 0 Å². The number of rotatable bonds is 5. The van der Waals surface area contributed by atoms with E-state index in [1.807, 2.05) is 4.90 Å². The minimum Gasteiger partial charge on any atom is -0.395 e. The first kappa shape index (κ1) is 11.9. The summed E-state index contributed by atoms with van der Waals surface area (Å²) in [4.78, 5) is 14.3. The van der Waals surface area contributed by atoms with Crippen molar-refractivity contribution in [3.8, 4) is 0 Å². The third-order valence-corrected chi connectivity index (χ3v) is 4.27. The second kappa shape index (κ2) is 4.72. The fraction of sp³-hybridized carbons (Fsp3) is 0.917. The summed E-state index contributed by atoms with van der Waals surface area (Å²) >= 11 is 0. The molecule has 4 heteroatoms. The lowest BCUT2D eigenvalue weighted by Crippen LogP contribution is -2.56. The van der Waals surface area contributed by atoms with Gasteiger partial charge in [-0.05, 0) is 32.1 Å². The zero-order valence-corrected chi connectivity index (χ0v) is 9.82. The first-order valence-corrected chi connectivity index (χ1v) is 6.35. The molecule has 0 unspecified atom stereocenters. The van der Waals surface area contributed by atoms with Gasteiger partial charge in [-0.25, -0.2) is 0 Å². The van der Waals surface area contributed by atoms with Gasteiger partial charge in [0.15, 0.2) is 0 Å². The van der Waals surface area contributed by atoms with Crippen LogP contribution >= 0.6 is 0 Å². The van der Waals surface area contributed by atoms with E-state index in [4.69, 9.17) is 10.8 Å². The molecule has 0 atom stereocenters. The maximum atomic E-state index is 12.4. The molecule has 0 spiro atoms. The van der Waals surface area contributed by atoms with Crippen molar-refractivity contribution in [3.05, 3.63) is 0 Å². The summed E-state index contributed by atoms with van der Waals surface area (Å²) in [5, 5.41) is 9.06. The quantitative estimate of drug-likeness (QED) is 0.717. The Hall–Kier alpha value is -0.610. The first-order valence-electron chi connectivity index (χ1n) is 6.35. The molecule has 0 heterocycles. The van der Waals surface area contributed by atoms with Crippen LogP contribution in [0, 0.1) is 5.41 Å². The van der Waals surface area contributed by atoms with Gasteiger partial charge in [0, 0.05) is 19.1 Å². The number of carbonyl (C=O) groups is 1. The first-order chi connectivity index (χ1) is 7.73. The summed E-state index contributed by atoms with van der Waals surface area (Å²) in [6, 6.07) is 0.365. The van der Waals surface area contributed by atoms with E-state index in [-0.39, 0.29) is 17.9 Å². The Kier molecular flexibility index (Phi) is 3.50. The number of aliphatic hydroxyl groups excluding tert-OH is 1. The highest BCUT2D eigenvalue weighted by molar-refractivity contribution is 5.84. The largest absolute Gasteiger partial charge is 0.395 e. The van der Waals surface area contributed by atoms with Crippen molar-refractivity contribution in [2.45, 2.75) is 44.6 Å². The number of hydrogen-bond acceptors (Lipinski definition) is 3. The molecule has 2 fully saturated rings. The molecule has 16 heavy (non-hydrogen) atoms. The van der Waals surface area contributed by atoms with E-state index >= 15 is 0 Å². The summed E-state index contributed by atoms with van der Waals surface area (Å²) in [6.45, 7) is 0.995. The molecule has 0 aliphatic heterocycles. The zero-order valence-electron chi connectivity index (χ0n) is 9.82. The average molecular weight is 226 g/mol. The maximum absolute atomic E-state index is 12.4. The van der Waals surface area contributed by atoms with Crippen molar-refractivity contribution < 1.29 is 9.90 Å². The van der Waals surface area contributed by atoms with Gasteiger partial charge in [-0.3, -0.25) is 4.79 Å². The SMILES string of the molecule is NCC1(C(=O)N(CCO)C2CCC2)CCC1. The molecule has 2 aliphatic carbocycles. The van der Waals surface area contributed by atoms with E-state index in [2.05, 4.69) is 0 Å². The lowest BCUT2D eigenvalue weighted by atomic mass is 9.67. The van der Waals surface area contributed by atoms with Crippen LogP contribution in [0.1, 0.15) is 38.5 Å². The van der Waals surface area contributed by atoms with E-state index in [0.717, 1.165) is 32.1 Å². The van der Waals surface area contributed by atoms with Crippen LogP contribution in [0.2, 0.25) is 0 Å². The number of amides is 1. The van der Waals surface area contributed by atoms with Gasteiger partial charge in [0.25, 0.3) is 0 Å². The van der Waals surface area contributed by atoms with Gasteiger partial charge in [0.2, 0.25) is 5.91 Å². The molecular weight excluding hydrogens is 204 g/mol. The van der Waals surface area contributed by atoms with Crippen LogP contribution in [0.4, 0.5) is 0 Å². The monoisotopic (exact) mass is 226 g/mol. The topological polar surface area (TPSA) is 66.6 Å². The smallest absolute Gasteiger partial charge is 0.230 e. The minimum atomic E-state index is -0.287. The van der Waals surface area contributed by atoms with Gasteiger partial charge < -0.3 is 15.7 Å². The molecule has 92 valence electrons. The zero-order chi connectivity index (χ0) is 11.6. The highest BCUT2D eigenvalue weighted by Gasteiger charge is 2.46. The number of aliphatic hydroxyl groups is 1. The Labute approximate surface area is 96.8 Å². The molecule has 0 aromatic carbocycles. The number of nitrogens with two attached hydrogens (primary N) is 1. The van der Waals surface area contributed by atoms with Crippen molar-refractivity contribution in [2.24, 2.45) is 11.1 Å². The molecule has 2 rings (SSSR count). The van der Waals surface area contributed by atoms with Crippen molar-refractivity contribution in [1.29, 1.82) is 0 Å². The predicted molar refractivity (Wildman–Crippen MR) is 61.8 cm³/mol. The summed E-state index contributed by atoms with van der Waals surface area (Å²) in [5.41, 5.74) is 5.47. The third-order valence-electron chi connectivity index (χ3n) is 4.27. The summed E-state index contributed by atoms with van der Waals surface area (Å²) in [5.74, 6) is 0.194. The van der Waals surface area contributed by atoms with Gasteiger partial charge in [-0.1, -0.05) is 6.42 Å². The van der Waals surface area contributed by atoms with Gasteiger partial charge in [-0.15, -0.1) is 0 Å². The Morgan fingerprint density at radius 2 is 2.06 bits per heavy atom. The number of hydrogen-bond donors (Lipinski definition) is 2. The van der Waals surface area contributed by atoms with Crippen LogP contribution in [0.5, 0.6) is 0 Å². The van der Waals surface area contributed by atoms with E-state index in [9.17, 15) is 4.79 Å². The van der Waals surface area contributed by atoms with Crippen LogP contribution in [-0.2, 0) is 4.79 Å². The second-order valence-corrected chi connectivity index (χ2v) is 5.14. The van der Waals surface area contributed by atoms with Crippen molar-refractivity contribution in [3.63, 3.8) is 0 Å². The fourth-order valence-corrected chi connectivity index (χ4v) is 2.67. The third kappa shape index (κ3) is 1.84. The van der Waals surface area contributed by atoms with Crippen LogP contribution in [0.25, 0.3) is 0 Å². The minimum absolute atomic E-state index is 0.0584. The van der Waals surface area contributed by atoms with Crippen LogP contribution < -0.4 is 5.73 Å². The molecular formula is C12H22N2O2. The molecule has 2 aliphatic rings. The van der Waals surface area contributed by atoms with Crippen molar-refractivity contribution in [2.75, 3.05) is 19.7 Å². The number of nitrogens with zero attached hydrogens (tertiary/aromatic N) is 1. The number of carbonyl (C=O) groups excluding carboxylic acids is 1. The van der Waals surface area contributed by atoms with Gasteiger partial charge in [0.05, 0.1) is 12.0 Å². The Balaban J connectivity index is 2.03. The van der Waals surface area contributed by atoms with Gasteiger partial charge in [0.1, 0.15) is 0 Å². The Bertz CT molecular complexity index is 254. The molecule has 0 radical (unpaired) electrons. The van der Waals surface area contributed by atoms with Crippen LogP contribution in [-0.4, -0.2) is 41.7 Å². The average Bonchev–Trinajstić information content (AvgIpc) is 2.13. The van der Waals surface area contributed by atoms with Crippen LogP contribution in [0.15, 0.2) is 0 Å². The van der Waals surface area contributed by atoms with Crippen molar-refractivity contribution >= 4 is 5.91 Å². The van der Waals surface area contributed by atoms with E-state index < -0.39 is 0 Å².